The van der Waals surface area contributed by atoms with Crippen LogP contribution < -0.4 is 27.9 Å². The molecule has 0 saturated carbocycles. The summed E-state index contributed by atoms with van der Waals surface area (Å²) in [5, 5.41) is 0. The van der Waals surface area contributed by atoms with Crippen LogP contribution in [0, 0.1) is 0 Å². The number of methoxy groups -OCH3 is 4. The number of ether oxygens (including phenoxy) is 4. The first-order valence-corrected chi connectivity index (χ1v) is 9.84. The van der Waals surface area contributed by atoms with Crippen molar-refractivity contribution in [2.24, 2.45) is 0 Å². The molecular weight excluding hydrogens is 495 g/mol. The molecule has 0 fully saturated rings. The first-order valence-electron chi connectivity index (χ1n) is 6.55. The molecule has 0 heterocycles. The van der Waals surface area contributed by atoms with E-state index in [0.717, 1.165) is 17.9 Å². The minimum absolute atomic E-state index is 0.0385. The molecule has 23 heavy (non-hydrogen) atoms. The molecule has 0 unspecified atom stereocenters. The van der Waals surface area contributed by atoms with E-state index in [9.17, 15) is 0 Å². The van der Waals surface area contributed by atoms with Crippen molar-refractivity contribution >= 4 is 55.7 Å². The van der Waals surface area contributed by atoms with Crippen LogP contribution in [0.4, 0.5) is 0 Å². The van der Waals surface area contributed by atoms with E-state index in [2.05, 4.69) is 31.9 Å². The fraction of sp³-hybridized carbons (Fsp3) is 0.250. The Labute approximate surface area is 158 Å². The fourth-order valence-corrected chi connectivity index (χ4v) is 5.28. The van der Waals surface area contributed by atoms with Crippen LogP contribution in [0.1, 0.15) is 0 Å². The van der Waals surface area contributed by atoms with Gasteiger partial charge in [-0.15, -0.1) is 0 Å². The van der Waals surface area contributed by atoms with Crippen molar-refractivity contribution in [2.75, 3.05) is 28.4 Å². The molecule has 2 aromatic carbocycles. The van der Waals surface area contributed by atoms with Crippen molar-refractivity contribution in [3.05, 3.63) is 33.2 Å². The third kappa shape index (κ3) is 4.15. The predicted octanol–water partition coefficient (Wildman–Crippen LogP) is 2.90. The Morgan fingerprint density at radius 1 is 0.609 bits per heavy atom. The molecule has 0 spiro atoms. The average molecular weight is 511 g/mol. The molecular formula is C16H16Br2O4Se. The van der Waals surface area contributed by atoms with Crippen LogP contribution in [0.3, 0.4) is 0 Å². The number of hydrogen-bond donors (Lipinski definition) is 0. The molecule has 0 aliphatic rings. The third-order valence-corrected chi connectivity index (χ3v) is 7.93. The Hall–Kier alpha value is -0.881. The Morgan fingerprint density at radius 2 is 0.913 bits per heavy atom. The van der Waals surface area contributed by atoms with Crippen LogP contribution in [0.5, 0.6) is 23.0 Å². The normalized spacial score (nSPS) is 10.3. The fourth-order valence-electron chi connectivity index (χ4n) is 1.95. The van der Waals surface area contributed by atoms with E-state index in [1.807, 2.05) is 24.3 Å². The standard InChI is InChI=1S/C16H16Br2O4Se/c1-19-11-5-9(17)15(7-13(11)21-3)23-16-8-14(22-4)12(20-2)6-10(16)18/h5-8H,1-4H3. The summed E-state index contributed by atoms with van der Waals surface area (Å²) in [5.41, 5.74) is 0. The van der Waals surface area contributed by atoms with Gasteiger partial charge in [0.2, 0.25) is 0 Å². The van der Waals surface area contributed by atoms with Gasteiger partial charge in [0.15, 0.2) is 0 Å². The SMILES string of the molecule is COc1cc(Br)c([Se]c2cc(OC)c(OC)cc2Br)cc1OC. The van der Waals surface area contributed by atoms with Gasteiger partial charge < -0.3 is 0 Å². The maximum absolute atomic E-state index is 5.39. The molecule has 0 radical (unpaired) electrons. The Bertz CT molecular complexity index is 647. The van der Waals surface area contributed by atoms with E-state index in [-0.39, 0.29) is 15.0 Å². The van der Waals surface area contributed by atoms with Crippen LogP contribution in [0.25, 0.3) is 0 Å². The number of halogens is 2. The molecule has 0 atom stereocenters. The molecule has 2 rings (SSSR count). The molecule has 0 saturated heterocycles. The Kier molecular flexibility index (Phi) is 6.65. The Morgan fingerprint density at radius 3 is 1.22 bits per heavy atom. The molecule has 124 valence electrons. The van der Waals surface area contributed by atoms with Gasteiger partial charge in [-0.25, -0.2) is 0 Å². The van der Waals surface area contributed by atoms with Crippen LogP contribution >= 0.6 is 31.9 Å². The molecule has 7 heteroatoms. The van der Waals surface area contributed by atoms with E-state index in [0.29, 0.717) is 23.0 Å². The monoisotopic (exact) mass is 510 g/mol. The number of hydrogen-bond acceptors (Lipinski definition) is 4. The van der Waals surface area contributed by atoms with Crippen molar-refractivity contribution < 1.29 is 18.9 Å². The van der Waals surface area contributed by atoms with Gasteiger partial charge in [-0.1, -0.05) is 0 Å². The summed E-state index contributed by atoms with van der Waals surface area (Å²) in [7, 11) is 6.52. The van der Waals surface area contributed by atoms with Crippen molar-refractivity contribution in [3.8, 4) is 23.0 Å². The van der Waals surface area contributed by atoms with Crippen LogP contribution in [-0.2, 0) is 0 Å². The van der Waals surface area contributed by atoms with E-state index in [1.165, 1.54) is 0 Å². The zero-order valence-corrected chi connectivity index (χ0v) is 18.0. The zero-order valence-electron chi connectivity index (χ0n) is 13.1. The molecule has 0 aromatic heterocycles. The second-order valence-electron chi connectivity index (χ2n) is 4.38. The van der Waals surface area contributed by atoms with Gasteiger partial charge >= 0.3 is 159 Å². The summed E-state index contributed by atoms with van der Waals surface area (Å²) in [5.74, 6) is 2.82. The van der Waals surface area contributed by atoms with Gasteiger partial charge in [0.25, 0.3) is 0 Å². The van der Waals surface area contributed by atoms with Crippen molar-refractivity contribution in [3.63, 3.8) is 0 Å². The van der Waals surface area contributed by atoms with Gasteiger partial charge in [0.05, 0.1) is 0 Å². The van der Waals surface area contributed by atoms with E-state index in [4.69, 9.17) is 18.9 Å². The zero-order chi connectivity index (χ0) is 17.0. The van der Waals surface area contributed by atoms with Gasteiger partial charge in [-0.05, 0) is 0 Å². The van der Waals surface area contributed by atoms with Crippen molar-refractivity contribution in [1.29, 1.82) is 0 Å². The molecule has 0 N–H and O–H groups in total. The van der Waals surface area contributed by atoms with Gasteiger partial charge in [0.1, 0.15) is 0 Å². The summed E-state index contributed by atoms with van der Waals surface area (Å²) in [4.78, 5) is 0. The number of rotatable bonds is 6. The summed E-state index contributed by atoms with van der Waals surface area (Å²) in [6.45, 7) is 0. The number of benzene rings is 2. The minimum atomic E-state index is 0.0385. The second-order valence-corrected chi connectivity index (χ2v) is 8.36. The first kappa shape index (κ1) is 18.5. The quantitative estimate of drug-likeness (QED) is 0.560. The average Bonchev–Trinajstić information content (AvgIpc) is 2.57. The Balaban J connectivity index is 2.43. The summed E-state index contributed by atoms with van der Waals surface area (Å²) in [6, 6.07) is 7.83. The topological polar surface area (TPSA) is 36.9 Å². The van der Waals surface area contributed by atoms with Crippen molar-refractivity contribution in [2.45, 2.75) is 0 Å². The molecule has 0 aliphatic carbocycles. The van der Waals surface area contributed by atoms with Crippen LogP contribution in [-0.4, -0.2) is 43.4 Å². The van der Waals surface area contributed by atoms with Gasteiger partial charge in [-0.3, -0.25) is 0 Å². The second kappa shape index (κ2) is 8.29. The van der Waals surface area contributed by atoms with Gasteiger partial charge in [0, 0.05) is 0 Å². The molecule has 0 aliphatic heterocycles. The van der Waals surface area contributed by atoms with E-state index in [1.54, 1.807) is 28.4 Å². The predicted molar refractivity (Wildman–Crippen MR) is 99.5 cm³/mol. The first-order chi connectivity index (χ1) is 11.0. The molecule has 0 amide bonds. The summed E-state index contributed by atoms with van der Waals surface area (Å²) < 4.78 is 25.7. The van der Waals surface area contributed by atoms with Crippen molar-refractivity contribution in [1.82, 2.24) is 0 Å². The third-order valence-electron chi connectivity index (χ3n) is 3.10. The van der Waals surface area contributed by atoms with E-state index < -0.39 is 0 Å². The molecule has 4 nitrogen and oxygen atoms in total. The summed E-state index contributed by atoms with van der Waals surface area (Å²) >= 11 is 7.25. The molecule has 2 aromatic rings. The van der Waals surface area contributed by atoms with Crippen LogP contribution in [0.15, 0.2) is 33.2 Å². The van der Waals surface area contributed by atoms with E-state index >= 15 is 0 Å². The summed E-state index contributed by atoms with van der Waals surface area (Å²) in [6.07, 6.45) is 0. The molecule has 0 bridgehead atoms. The van der Waals surface area contributed by atoms with Crippen LogP contribution in [0.2, 0.25) is 0 Å². The maximum atomic E-state index is 5.39. The van der Waals surface area contributed by atoms with Gasteiger partial charge in [-0.2, -0.15) is 0 Å².